The average molecular weight is 566 g/mol. The summed E-state index contributed by atoms with van der Waals surface area (Å²) < 4.78 is 19.4. The van der Waals surface area contributed by atoms with Gasteiger partial charge in [-0.2, -0.15) is 0 Å². The van der Waals surface area contributed by atoms with Gasteiger partial charge in [0.25, 0.3) is 5.91 Å². The lowest BCUT2D eigenvalue weighted by Crippen LogP contribution is -2.24. The third kappa shape index (κ3) is 6.43. The van der Waals surface area contributed by atoms with Gasteiger partial charge in [-0.05, 0) is 54.8 Å². The molecule has 0 aliphatic carbocycles. The summed E-state index contributed by atoms with van der Waals surface area (Å²) in [7, 11) is 4.61. The number of halogens is 1. The van der Waals surface area contributed by atoms with Gasteiger partial charge in [-0.25, -0.2) is 4.98 Å². The molecule has 1 amide bonds. The smallest absolute Gasteiger partial charge is 0.251 e. The van der Waals surface area contributed by atoms with Gasteiger partial charge in [0.1, 0.15) is 5.82 Å². The Bertz CT molecular complexity index is 1330. The van der Waals surface area contributed by atoms with Crippen molar-refractivity contribution in [2.75, 3.05) is 27.9 Å². The fourth-order valence-electron chi connectivity index (χ4n) is 4.37. The fraction of sp³-hybridized carbons (Fsp3) is 0.310. The van der Waals surface area contributed by atoms with Gasteiger partial charge in [0.05, 0.1) is 32.4 Å². The molecule has 0 aliphatic heterocycles. The lowest BCUT2D eigenvalue weighted by atomic mass is 10.1. The van der Waals surface area contributed by atoms with E-state index in [2.05, 4.69) is 68.3 Å². The lowest BCUT2D eigenvalue weighted by molar-refractivity contribution is 0.0952. The van der Waals surface area contributed by atoms with Crippen LogP contribution in [0.5, 0.6) is 17.2 Å². The van der Waals surface area contributed by atoms with Crippen molar-refractivity contribution in [2.24, 2.45) is 0 Å². The van der Waals surface area contributed by atoms with Crippen LogP contribution in [0.1, 0.15) is 41.0 Å². The number of hydrogen-bond donors (Lipinski definition) is 1. The number of fused-ring (bicyclic) bond motifs is 1. The fourth-order valence-corrected chi connectivity index (χ4v) is 4.63. The Morgan fingerprint density at radius 2 is 1.62 bits per heavy atom. The van der Waals surface area contributed by atoms with Gasteiger partial charge in [-0.15, -0.1) is 0 Å². The van der Waals surface area contributed by atoms with Crippen LogP contribution >= 0.6 is 15.9 Å². The minimum atomic E-state index is -0.171. The van der Waals surface area contributed by atoms with Crippen molar-refractivity contribution in [1.82, 2.24) is 14.9 Å². The molecule has 3 aromatic carbocycles. The van der Waals surface area contributed by atoms with Crippen LogP contribution in [0.2, 0.25) is 0 Å². The Labute approximate surface area is 225 Å². The summed E-state index contributed by atoms with van der Waals surface area (Å²) in [4.78, 5) is 17.6. The Hall–Kier alpha value is -3.52. The monoisotopic (exact) mass is 565 g/mol. The summed E-state index contributed by atoms with van der Waals surface area (Å²) in [5, 5.41) is 2.99. The Morgan fingerprint density at radius 1 is 0.919 bits per heavy atom. The number of methoxy groups -OCH3 is 3. The van der Waals surface area contributed by atoms with Gasteiger partial charge in [0.2, 0.25) is 5.75 Å². The van der Waals surface area contributed by atoms with E-state index in [9.17, 15) is 4.79 Å². The predicted octanol–water partition coefficient (Wildman–Crippen LogP) is 6.02. The second-order valence-corrected chi connectivity index (χ2v) is 9.63. The molecule has 7 nitrogen and oxygen atoms in total. The molecular formula is C29H32BrN3O4. The maximum Gasteiger partial charge on any atom is 0.251 e. The third-order valence-electron chi connectivity index (χ3n) is 6.28. The first kappa shape index (κ1) is 26.5. The molecule has 194 valence electrons. The van der Waals surface area contributed by atoms with Crippen molar-refractivity contribution in [1.29, 1.82) is 0 Å². The molecule has 0 saturated heterocycles. The highest BCUT2D eigenvalue weighted by Gasteiger charge is 2.17. The number of nitrogens with one attached hydrogen (secondary N) is 1. The largest absolute Gasteiger partial charge is 0.493 e. The molecule has 0 saturated carbocycles. The molecule has 4 aromatic rings. The molecule has 0 radical (unpaired) electrons. The van der Waals surface area contributed by atoms with E-state index < -0.39 is 0 Å². The Kier molecular flexibility index (Phi) is 9.06. The van der Waals surface area contributed by atoms with Crippen LogP contribution in [0.4, 0.5) is 0 Å². The zero-order chi connectivity index (χ0) is 26.2. The normalized spacial score (nSPS) is 10.9. The summed E-state index contributed by atoms with van der Waals surface area (Å²) >= 11 is 3.51. The number of aromatic nitrogens is 2. The highest BCUT2D eigenvalue weighted by Crippen LogP contribution is 2.38. The van der Waals surface area contributed by atoms with Crippen LogP contribution in [-0.4, -0.2) is 43.3 Å². The molecule has 0 atom stereocenters. The summed E-state index contributed by atoms with van der Waals surface area (Å²) in [6.45, 7) is 1.37. The number of ether oxygens (including phenoxy) is 3. The van der Waals surface area contributed by atoms with Crippen LogP contribution in [0, 0.1) is 0 Å². The molecule has 37 heavy (non-hydrogen) atoms. The summed E-state index contributed by atoms with van der Waals surface area (Å²) in [6, 6.07) is 20.0. The maximum absolute atomic E-state index is 12.7. The van der Waals surface area contributed by atoms with Crippen LogP contribution in [-0.2, 0) is 13.0 Å². The predicted molar refractivity (Wildman–Crippen MR) is 149 cm³/mol. The van der Waals surface area contributed by atoms with E-state index >= 15 is 0 Å². The highest BCUT2D eigenvalue weighted by molar-refractivity contribution is 9.10. The first-order chi connectivity index (χ1) is 18.0. The number of para-hydroxylation sites is 2. The highest BCUT2D eigenvalue weighted by atomic mass is 79.9. The van der Waals surface area contributed by atoms with Crippen molar-refractivity contribution in [2.45, 2.75) is 32.2 Å². The molecule has 0 unspecified atom stereocenters. The van der Waals surface area contributed by atoms with Crippen molar-refractivity contribution >= 4 is 32.9 Å². The van der Waals surface area contributed by atoms with E-state index in [4.69, 9.17) is 19.2 Å². The molecule has 1 aromatic heterocycles. The Balaban J connectivity index is 1.32. The minimum Gasteiger partial charge on any atom is -0.493 e. The third-order valence-corrected chi connectivity index (χ3v) is 6.81. The number of nitrogens with zero attached hydrogens (tertiary/aromatic N) is 2. The Morgan fingerprint density at radius 3 is 2.30 bits per heavy atom. The van der Waals surface area contributed by atoms with Gasteiger partial charge in [-0.3, -0.25) is 4.79 Å². The van der Waals surface area contributed by atoms with Crippen molar-refractivity contribution in [3.63, 3.8) is 0 Å². The van der Waals surface area contributed by atoms with E-state index in [1.54, 1.807) is 12.1 Å². The van der Waals surface area contributed by atoms with Gasteiger partial charge in [-0.1, -0.05) is 46.6 Å². The SMILES string of the molecule is COc1cc(C(=O)NCCCCCc2nc3ccccc3n2Cc2ccc(Br)cc2)cc(OC)c1OC. The number of imidazole rings is 1. The van der Waals surface area contributed by atoms with Gasteiger partial charge in [0, 0.05) is 29.5 Å². The van der Waals surface area contributed by atoms with Crippen molar-refractivity contribution in [3.8, 4) is 17.2 Å². The summed E-state index contributed by atoms with van der Waals surface area (Å²) in [5.41, 5.74) is 3.88. The van der Waals surface area contributed by atoms with E-state index in [1.165, 1.54) is 26.9 Å². The minimum absolute atomic E-state index is 0.171. The number of amides is 1. The molecule has 0 spiro atoms. The molecule has 1 heterocycles. The molecule has 1 N–H and O–H groups in total. The van der Waals surface area contributed by atoms with Crippen molar-refractivity contribution < 1.29 is 19.0 Å². The standard InChI is InChI=1S/C29H32BrN3O4/c1-35-25-17-21(18-26(36-2)28(25)37-3)29(34)31-16-8-4-5-11-27-32-23-9-6-7-10-24(23)33(27)19-20-12-14-22(30)15-13-20/h6-7,9-10,12-15,17-18H,4-5,8,11,16,19H2,1-3H3,(H,31,34). The second-order valence-electron chi connectivity index (χ2n) is 8.71. The van der Waals surface area contributed by atoms with Crippen LogP contribution in [0.15, 0.2) is 65.1 Å². The molecule has 8 heteroatoms. The molecule has 0 aliphatic rings. The maximum atomic E-state index is 12.7. The molecule has 0 fully saturated rings. The molecular weight excluding hydrogens is 534 g/mol. The van der Waals surface area contributed by atoms with Gasteiger partial charge >= 0.3 is 0 Å². The first-order valence-electron chi connectivity index (χ1n) is 12.3. The van der Waals surface area contributed by atoms with Crippen LogP contribution in [0.3, 0.4) is 0 Å². The summed E-state index contributed by atoms with van der Waals surface area (Å²) in [6.07, 6.45) is 3.73. The quantitative estimate of drug-likeness (QED) is 0.213. The van der Waals surface area contributed by atoms with Gasteiger partial charge < -0.3 is 24.1 Å². The van der Waals surface area contributed by atoms with Crippen LogP contribution < -0.4 is 19.5 Å². The number of carbonyl (C=O) groups excluding carboxylic acids is 1. The lowest BCUT2D eigenvalue weighted by Gasteiger charge is -2.14. The number of unbranched alkanes of at least 4 members (excludes halogenated alkanes) is 2. The summed E-state index contributed by atoms with van der Waals surface area (Å²) in [5.74, 6) is 2.30. The molecule has 0 bridgehead atoms. The number of aryl methyl sites for hydroxylation is 1. The second kappa shape index (κ2) is 12.6. The first-order valence-corrected chi connectivity index (χ1v) is 13.1. The zero-order valence-corrected chi connectivity index (χ0v) is 23.0. The number of hydrogen-bond acceptors (Lipinski definition) is 5. The van der Waals surface area contributed by atoms with Gasteiger partial charge in [0.15, 0.2) is 11.5 Å². The average Bonchev–Trinajstić information content (AvgIpc) is 3.27. The van der Waals surface area contributed by atoms with E-state index in [-0.39, 0.29) is 5.91 Å². The number of rotatable bonds is 12. The topological polar surface area (TPSA) is 74.6 Å². The van der Waals surface area contributed by atoms with E-state index in [0.717, 1.165) is 53.6 Å². The number of carbonyl (C=O) groups is 1. The number of benzene rings is 3. The van der Waals surface area contributed by atoms with Crippen molar-refractivity contribution in [3.05, 3.63) is 82.1 Å². The van der Waals surface area contributed by atoms with E-state index in [0.29, 0.717) is 29.4 Å². The van der Waals surface area contributed by atoms with E-state index in [1.807, 2.05) is 6.07 Å². The molecule has 4 rings (SSSR count). The zero-order valence-electron chi connectivity index (χ0n) is 21.4. The van der Waals surface area contributed by atoms with Crippen LogP contribution in [0.25, 0.3) is 11.0 Å².